The molecule has 0 aromatic heterocycles. The van der Waals surface area contributed by atoms with Crippen molar-refractivity contribution in [3.8, 4) is 11.5 Å². The standard InChI is InChI=1S/C22H34N2O2/c1-6-12-23-16-10-9-15-17(24(3)4)13-14-8-11-18(25-5)20-19(14)22(15,7-2)21(16)26-20/h8,11,15-17,21,23H,6-7,9-10,12-13H2,1-5H3/t15?,16?,17?,21?,22-/m1/s1. The molecule has 0 saturated heterocycles. The predicted octanol–water partition coefficient (Wildman–Crippen LogP) is 3.37. The summed E-state index contributed by atoms with van der Waals surface area (Å²) in [5.74, 6) is 2.58. The lowest BCUT2D eigenvalue weighted by molar-refractivity contribution is -0.0172. The van der Waals surface area contributed by atoms with Crippen molar-refractivity contribution in [3.05, 3.63) is 23.3 Å². The Morgan fingerprint density at radius 3 is 2.73 bits per heavy atom. The maximum absolute atomic E-state index is 6.75. The maximum atomic E-state index is 6.75. The van der Waals surface area contributed by atoms with E-state index in [-0.39, 0.29) is 11.5 Å². The molecular weight excluding hydrogens is 324 g/mol. The van der Waals surface area contributed by atoms with Gasteiger partial charge in [0, 0.05) is 23.1 Å². The number of benzene rings is 1. The number of hydrogen-bond acceptors (Lipinski definition) is 4. The fourth-order valence-electron chi connectivity index (χ4n) is 6.17. The van der Waals surface area contributed by atoms with Crippen LogP contribution in [-0.4, -0.2) is 50.8 Å². The summed E-state index contributed by atoms with van der Waals surface area (Å²) in [4.78, 5) is 2.45. The van der Waals surface area contributed by atoms with Crippen molar-refractivity contribution >= 4 is 0 Å². The van der Waals surface area contributed by atoms with Gasteiger partial charge in [-0.25, -0.2) is 0 Å². The minimum Gasteiger partial charge on any atom is -0.493 e. The molecule has 4 heteroatoms. The van der Waals surface area contributed by atoms with Gasteiger partial charge in [0.15, 0.2) is 11.5 Å². The molecule has 1 N–H and O–H groups in total. The van der Waals surface area contributed by atoms with E-state index in [4.69, 9.17) is 9.47 Å². The maximum Gasteiger partial charge on any atom is 0.165 e. The first-order valence-corrected chi connectivity index (χ1v) is 10.3. The Bertz CT molecular complexity index is 674. The fraction of sp³-hybridized carbons (Fsp3) is 0.727. The van der Waals surface area contributed by atoms with Gasteiger partial charge in [-0.05, 0) is 70.3 Å². The van der Waals surface area contributed by atoms with Gasteiger partial charge in [-0.15, -0.1) is 0 Å². The van der Waals surface area contributed by atoms with Crippen LogP contribution >= 0.6 is 0 Å². The van der Waals surface area contributed by atoms with Crippen LogP contribution in [-0.2, 0) is 11.8 Å². The number of nitrogens with zero attached hydrogens (tertiary/aromatic N) is 1. The van der Waals surface area contributed by atoms with E-state index in [2.05, 4.69) is 50.3 Å². The SMILES string of the molecule is CCCNC1CCC2C(N(C)C)Cc3ccc(OC)c4c3[C@]2(CC)C1O4. The highest BCUT2D eigenvalue weighted by molar-refractivity contribution is 5.60. The molecule has 1 aromatic carbocycles. The first kappa shape index (κ1) is 18.1. The molecular formula is C22H34N2O2. The van der Waals surface area contributed by atoms with Gasteiger partial charge in [-0.2, -0.15) is 0 Å². The largest absolute Gasteiger partial charge is 0.493 e. The second kappa shape index (κ2) is 6.72. The van der Waals surface area contributed by atoms with E-state index in [1.54, 1.807) is 7.11 Å². The van der Waals surface area contributed by atoms with Crippen LogP contribution in [0.15, 0.2) is 12.1 Å². The first-order chi connectivity index (χ1) is 12.6. The molecule has 3 aliphatic rings. The molecule has 0 spiro atoms. The summed E-state index contributed by atoms with van der Waals surface area (Å²) in [5, 5.41) is 3.80. The highest BCUT2D eigenvalue weighted by Gasteiger charge is 2.62. The Morgan fingerprint density at radius 2 is 2.08 bits per heavy atom. The molecule has 0 bridgehead atoms. The third-order valence-corrected chi connectivity index (χ3v) is 7.26. The van der Waals surface area contributed by atoms with Crippen molar-refractivity contribution in [2.24, 2.45) is 5.92 Å². The summed E-state index contributed by atoms with van der Waals surface area (Å²) >= 11 is 0. The van der Waals surface area contributed by atoms with Crippen LogP contribution in [0.2, 0.25) is 0 Å². The zero-order chi connectivity index (χ0) is 18.5. The van der Waals surface area contributed by atoms with E-state index in [0.717, 1.165) is 37.3 Å². The smallest absolute Gasteiger partial charge is 0.165 e. The Balaban J connectivity index is 1.87. The number of ether oxygens (including phenoxy) is 2. The van der Waals surface area contributed by atoms with Crippen molar-refractivity contribution in [1.82, 2.24) is 10.2 Å². The Hall–Kier alpha value is -1.26. The average molecular weight is 359 g/mol. The van der Waals surface area contributed by atoms with Crippen molar-refractivity contribution in [2.75, 3.05) is 27.7 Å². The quantitative estimate of drug-likeness (QED) is 0.845. The molecule has 5 atom stereocenters. The summed E-state index contributed by atoms with van der Waals surface area (Å²) in [6.07, 6.45) is 6.10. The topological polar surface area (TPSA) is 33.7 Å². The molecule has 2 aliphatic carbocycles. The molecule has 1 heterocycles. The lowest BCUT2D eigenvalue weighted by atomic mass is 9.53. The average Bonchev–Trinajstić information content (AvgIpc) is 3.02. The van der Waals surface area contributed by atoms with Crippen LogP contribution in [0.1, 0.15) is 50.7 Å². The Kier molecular flexibility index (Phi) is 4.68. The molecule has 0 radical (unpaired) electrons. The number of hydrogen-bond donors (Lipinski definition) is 1. The van der Waals surface area contributed by atoms with Crippen molar-refractivity contribution in [3.63, 3.8) is 0 Å². The zero-order valence-corrected chi connectivity index (χ0v) is 17.0. The summed E-state index contributed by atoms with van der Waals surface area (Å²) in [5.41, 5.74) is 3.04. The molecule has 26 heavy (non-hydrogen) atoms. The number of methoxy groups -OCH3 is 1. The normalized spacial score (nSPS) is 34.5. The highest BCUT2D eigenvalue weighted by atomic mass is 16.5. The minimum atomic E-state index is 0.107. The van der Waals surface area contributed by atoms with Crippen molar-refractivity contribution in [1.29, 1.82) is 0 Å². The molecule has 144 valence electrons. The van der Waals surface area contributed by atoms with Gasteiger partial charge in [0.1, 0.15) is 6.10 Å². The molecule has 1 saturated carbocycles. The number of likely N-dealkylation sites (N-methyl/N-ethyl adjacent to an activating group) is 1. The van der Waals surface area contributed by atoms with E-state index in [1.807, 2.05) is 0 Å². The van der Waals surface area contributed by atoms with E-state index >= 15 is 0 Å². The Morgan fingerprint density at radius 1 is 1.27 bits per heavy atom. The van der Waals surface area contributed by atoms with E-state index in [0.29, 0.717) is 18.0 Å². The zero-order valence-electron chi connectivity index (χ0n) is 17.0. The molecule has 4 unspecified atom stereocenters. The van der Waals surface area contributed by atoms with E-state index < -0.39 is 0 Å². The van der Waals surface area contributed by atoms with Gasteiger partial charge in [0.05, 0.1) is 7.11 Å². The number of nitrogens with one attached hydrogen (secondary N) is 1. The van der Waals surface area contributed by atoms with Gasteiger partial charge < -0.3 is 19.7 Å². The summed E-state index contributed by atoms with van der Waals surface area (Å²) in [6, 6.07) is 5.41. The molecule has 1 aromatic rings. The van der Waals surface area contributed by atoms with Crippen LogP contribution in [0.25, 0.3) is 0 Å². The first-order valence-electron chi connectivity index (χ1n) is 10.3. The summed E-state index contributed by atoms with van der Waals surface area (Å²) in [6.45, 7) is 5.66. The van der Waals surface area contributed by atoms with Gasteiger partial charge in [0.2, 0.25) is 0 Å². The lowest BCUT2D eigenvalue weighted by Crippen LogP contribution is -2.64. The van der Waals surface area contributed by atoms with E-state index in [1.165, 1.54) is 24.0 Å². The van der Waals surface area contributed by atoms with Crippen LogP contribution in [0.4, 0.5) is 0 Å². The van der Waals surface area contributed by atoms with E-state index in [9.17, 15) is 0 Å². The second-order valence-electron chi connectivity index (χ2n) is 8.54. The van der Waals surface area contributed by atoms with Crippen LogP contribution in [0.3, 0.4) is 0 Å². The van der Waals surface area contributed by atoms with Crippen LogP contribution < -0.4 is 14.8 Å². The fourth-order valence-corrected chi connectivity index (χ4v) is 6.17. The lowest BCUT2D eigenvalue weighted by Gasteiger charge is -2.54. The Labute approximate surface area is 158 Å². The van der Waals surface area contributed by atoms with Crippen LogP contribution in [0, 0.1) is 5.92 Å². The third kappa shape index (κ3) is 2.34. The molecule has 4 nitrogen and oxygen atoms in total. The highest BCUT2D eigenvalue weighted by Crippen LogP contribution is 2.62. The number of rotatable bonds is 6. The van der Waals surface area contributed by atoms with Crippen molar-refractivity contribution in [2.45, 2.75) is 69.6 Å². The molecule has 1 aliphatic heterocycles. The third-order valence-electron chi connectivity index (χ3n) is 7.26. The van der Waals surface area contributed by atoms with Gasteiger partial charge >= 0.3 is 0 Å². The summed E-state index contributed by atoms with van der Waals surface area (Å²) < 4.78 is 12.5. The molecule has 1 fully saturated rings. The molecule has 0 amide bonds. The minimum absolute atomic E-state index is 0.107. The second-order valence-corrected chi connectivity index (χ2v) is 8.54. The predicted molar refractivity (Wildman–Crippen MR) is 105 cm³/mol. The van der Waals surface area contributed by atoms with Gasteiger partial charge in [-0.1, -0.05) is 19.9 Å². The summed E-state index contributed by atoms with van der Waals surface area (Å²) in [7, 11) is 6.25. The van der Waals surface area contributed by atoms with Crippen LogP contribution in [0.5, 0.6) is 11.5 Å². The molecule has 4 rings (SSSR count). The van der Waals surface area contributed by atoms with Gasteiger partial charge in [-0.3, -0.25) is 0 Å². The van der Waals surface area contributed by atoms with Crippen molar-refractivity contribution < 1.29 is 9.47 Å². The monoisotopic (exact) mass is 358 g/mol. The van der Waals surface area contributed by atoms with Gasteiger partial charge in [0.25, 0.3) is 0 Å².